The van der Waals surface area contributed by atoms with Gasteiger partial charge in [-0.3, -0.25) is 0 Å². The Morgan fingerprint density at radius 1 is 0.407 bits per heavy atom. The SMILES string of the molecule is CO[C@@H]1C[C@H](O)C[C@H](O)[C@H](C)[C@@H]([C@@H](C)[C@H](O)[C@@H](C)CC[C@H]2C[C@H](OC)C[C@H](C)O2)OC(=O)C=CC(C)=CC[C@H](O[C@H]2OC[C@H](O)[C@@H](OC)[C@H]2OC)C[C@@H]2C=CC[C@@H](C[C@H](OC)C[C@H](O)C[C@H](O)[C@H](C)[C@@H]([C@@H](C)[C@H](O)[C@@H](C)CC[C@H]3C[C@H](OC)C[C@H](C)O3)OC(=O)C=CC(C)=CC[C@H](O[C@H]3OC[C@H](O)[C@@H](OC)[C@H]3OC)C[C@@H]3C=CC[C@@H](C1)O3)O2. The number of cyclic esters (lactones) is 2. The Morgan fingerprint density at radius 3 is 1.11 bits per heavy atom. The van der Waals surface area contributed by atoms with Crippen molar-refractivity contribution >= 4 is 11.9 Å². The van der Waals surface area contributed by atoms with Gasteiger partial charge in [-0.2, -0.15) is 0 Å². The normalized spacial score (nSPS) is 40.1. The highest BCUT2D eigenvalue weighted by atomic mass is 16.7. The van der Waals surface area contributed by atoms with Crippen LogP contribution >= 0.6 is 0 Å². The van der Waals surface area contributed by atoms with Crippen LogP contribution in [0.1, 0.15) is 198 Å². The van der Waals surface area contributed by atoms with Crippen molar-refractivity contribution < 1.29 is 136 Å². The van der Waals surface area contributed by atoms with Crippen molar-refractivity contribution in [3.63, 3.8) is 0 Å². The van der Waals surface area contributed by atoms with E-state index in [1.165, 1.54) is 40.6 Å². The van der Waals surface area contributed by atoms with E-state index in [4.69, 9.17) is 85.3 Å². The van der Waals surface area contributed by atoms with E-state index >= 15 is 0 Å². The lowest BCUT2D eigenvalue weighted by Crippen LogP contribution is -2.56. The zero-order chi connectivity index (χ0) is 86.4. The van der Waals surface area contributed by atoms with Crippen LogP contribution in [0, 0.1) is 35.5 Å². The average molecular weight is 1680 g/mol. The molecular weight excluding hydrogens is 1530 g/mol. The molecule has 4 fully saturated rings. The second kappa shape index (κ2) is 51.8. The maximum Gasteiger partial charge on any atom is 0.331 e. The number of hydrogen-bond donors (Lipinski definition) is 8. The molecule has 28 nitrogen and oxygen atoms in total. The van der Waals surface area contributed by atoms with Gasteiger partial charge in [0.15, 0.2) is 12.6 Å². The summed E-state index contributed by atoms with van der Waals surface area (Å²) < 4.78 is 111. The molecule has 0 radical (unpaired) electrons. The van der Waals surface area contributed by atoms with Crippen molar-refractivity contribution in [3.05, 3.63) is 71.9 Å². The first kappa shape index (κ1) is 102. The lowest BCUT2D eigenvalue weighted by Gasteiger charge is -2.40. The van der Waals surface area contributed by atoms with Gasteiger partial charge in [-0.1, -0.05) is 101 Å². The molecule has 118 heavy (non-hydrogen) atoms. The second-order valence-electron chi connectivity index (χ2n) is 35.0. The predicted molar refractivity (Wildman–Crippen MR) is 441 cm³/mol. The van der Waals surface area contributed by atoms with E-state index in [-0.39, 0.29) is 112 Å². The molecule has 7 aliphatic heterocycles. The quantitative estimate of drug-likeness (QED) is 0.0329. The summed E-state index contributed by atoms with van der Waals surface area (Å²) in [6.07, 6.45) is 6.78. The number of hydrogen-bond acceptors (Lipinski definition) is 28. The molecule has 7 rings (SSSR count). The fourth-order valence-electron chi connectivity index (χ4n) is 18.3. The first-order valence-corrected chi connectivity index (χ1v) is 43.6. The minimum Gasteiger partial charge on any atom is -0.458 e. The molecule has 0 aliphatic carbocycles. The molecule has 7 aliphatic rings. The molecular formula is C90H152O28. The Hall–Kier alpha value is -3.58. The van der Waals surface area contributed by atoms with Gasteiger partial charge in [-0.05, 0) is 142 Å². The fourth-order valence-corrected chi connectivity index (χ4v) is 18.3. The van der Waals surface area contributed by atoms with Crippen LogP contribution in [-0.2, 0) is 94.9 Å². The minimum atomic E-state index is -1.21. The van der Waals surface area contributed by atoms with Gasteiger partial charge in [-0.15, -0.1) is 0 Å². The molecule has 0 aromatic heterocycles. The number of rotatable bonds is 24. The Labute approximate surface area is 703 Å². The smallest absolute Gasteiger partial charge is 0.331 e. The molecule has 7 heterocycles. The Morgan fingerprint density at radius 2 is 0.763 bits per heavy atom. The zero-order valence-corrected chi connectivity index (χ0v) is 73.9. The summed E-state index contributed by atoms with van der Waals surface area (Å²) in [4.78, 5) is 28.7. The summed E-state index contributed by atoms with van der Waals surface area (Å²) in [6.45, 7) is 18.6. The third-order valence-electron chi connectivity index (χ3n) is 25.6. The lowest BCUT2D eigenvalue weighted by atomic mass is 9.79. The molecule has 0 unspecified atom stereocenters. The van der Waals surface area contributed by atoms with Crippen LogP contribution in [0.4, 0.5) is 0 Å². The van der Waals surface area contributed by atoms with E-state index in [1.54, 1.807) is 54.4 Å². The van der Waals surface area contributed by atoms with Crippen LogP contribution in [0.25, 0.3) is 0 Å². The van der Waals surface area contributed by atoms with Gasteiger partial charge >= 0.3 is 11.9 Å². The van der Waals surface area contributed by atoms with E-state index in [2.05, 4.69) is 0 Å². The minimum absolute atomic E-state index is 0.0202. The number of carbonyl (C=O) groups is 2. The fraction of sp³-hybridized carbons (Fsp3) is 0.844. The molecule has 28 heteroatoms. The Balaban J connectivity index is 1.18. The Kier molecular flexibility index (Phi) is 44.5. The van der Waals surface area contributed by atoms with Gasteiger partial charge in [0.25, 0.3) is 0 Å². The van der Waals surface area contributed by atoms with Gasteiger partial charge in [0.2, 0.25) is 0 Å². The van der Waals surface area contributed by atoms with Crippen molar-refractivity contribution in [2.75, 3.05) is 70.1 Å². The molecule has 0 spiro atoms. The lowest BCUT2D eigenvalue weighted by molar-refractivity contribution is -0.293. The highest BCUT2D eigenvalue weighted by molar-refractivity contribution is 5.83. The van der Waals surface area contributed by atoms with Crippen molar-refractivity contribution in [1.82, 2.24) is 0 Å². The third kappa shape index (κ3) is 32.1. The van der Waals surface area contributed by atoms with Gasteiger partial charge in [0.05, 0.1) is 135 Å². The highest BCUT2D eigenvalue weighted by Crippen LogP contribution is 2.38. The van der Waals surface area contributed by atoms with E-state index in [9.17, 15) is 50.4 Å². The van der Waals surface area contributed by atoms with Crippen LogP contribution < -0.4 is 0 Å². The summed E-state index contributed by atoms with van der Waals surface area (Å²) in [5.41, 5.74) is 1.35. The highest BCUT2D eigenvalue weighted by Gasteiger charge is 2.46. The molecule has 4 saturated heterocycles. The molecule has 4 bridgehead atoms. The molecule has 0 saturated carbocycles. The number of aliphatic hydroxyl groups is 8. The van der Waals surface area contributed by atoms with Gasteiger partial charge < -0.3 is 126 Å². The summed E-state index contributed by atoms with van der Waals surface area (Å²) in [5.74, 6) is -4.93. The van der Waals surface area contributed by atoms with Crippen LogP contribution in [0.2, 0.25) is 0 Å². The summed E-state index contributed by atoms with van der Waals surface area (Å²) in [6, 6.07) is 0. The Bertz CT molecular complexity index is 2850. The largest absolute Gasteiger partial charge is 0.458 e. The van der Waals surface area contributed by atoms with E-state index in [0.717, 1.165) is 25.7 Å². The van der Waals surface area contributed by atoms with E-state index in [1.807, 2.05) is 91.8 Å². The van der Waals surface area contributed by atoms with Crippen molar-refractivity contribution in [3.8, 4) is 0 Å². The first-order chi connectivity index (χ1) is 56.3. The predicted octanol–water partition coefficient (Wildman–Crippen LogP) is 9.16. The van der Waals surface area contributed by atoms with E-state index < -0.39 is 170 Å². The third-order valence-corrected chi connectivity index (χ3v) is 25.6. The molecule has 36 atom stereocenters. The van der Waals surface area contributed by atoms with Crippen LogP contribution in [0.15, 0.2) is 71.9 Å². The molecule has 0 aromatic carbocycles. The second-order valence-corrected chi connectivity index (χ2v) is 35.0. The number of carbonyl (C=O) groups excluding carboxylic acids is 2. The number of methoxy groups -OCH3 is 8. The monoisotopic (exact) mass is 1680 g/mol. The summed E-state index contributed by atoms with van der Waals surface area (Å²) in [5, 5.41) is 94.5. The molecule has 0 amide bonds. The van der Waals surface area contributed by atoms with Crippen molar-refractivity contribution in [2.45, 2.75) is 381 Å². The van der Waals surface area contributed by atoms with Crippen LogP contribution in [0.3, 0.4) is 0 Å². The van der Waals surface area contributed by atoms with Crippen molar-refractivity contribution in [1.29, 1.82) is 0 Å². The maximum atomic E-state index is 14.3. The molecule has 8 N–H and O–H groups in total. The van der Waals surface area contributed by atoms with Crippen LogP contribution in [-0.4, -0.2) is 306 Å². The first-order valence-electron chi connectivity index (χ1n) is 43.6. The number of esters is 2. The topological polar surface area (TPSA) is 362 Å². The summed E-state index contributed by atoms with van der Waals surface area (Å²) >= 11 is 0. The molecule has 680 valence electrons. The standard InChI is InChI=1S/C90H152O28/c1-51-25-31-69(115-89-87(107-17)85(105-15)77(95)49-109-89)43-63-21-19-23-65(113-63)45-73(103-13)40-62(92)42-76(94)58(8)84(60(10)82(100)54(4)30-34-68-48-72(102-12)38-56(6)112-68)118-80(98)36-28-52(2)26-32-70(116-90-88(108-18)86(106-16)78(96)50-110-90)44-64-22-20-24-66(114-64)46-74(104-14)39-61(91)41-75(93)57(7)83(117-79(97)35-27-51)59(9)81(99)53(3)29-33-67-47-71(101-11)37-55(5)111-67/h19-22,25-28,35-36,53-78,81-96,99-100H,23-24,29-34,37-50H2,1-18H3/t53-,54-,55-,56-,57-,58-,59-,60-,61-,62-,63-,64-,65-,66-,67-,68-,69-,70-,71+,72+,73+,74+,75-,76-,77-,78-,81+,82+,83-,84-,85+,86+,87+,88+,89+,90+/m0/s1. The van der Waals surface area contributed by atoms with E-state index in [0.29, 0.717) is 75.4 Å². The van der Waals surface area contributed by atoms with Crippen molar-refractivity contribution in [2.24, 2.45) is 35.5 Å². The zero-order valence-electron chi connectivity index (χ0n) is 73.9. The summed E-state index contributed by atoms with van der Waals surface area (Å²) in [7, 11) is 12.5. The number of ether oxygens (including phenoxy) is 18. The number of fused-ring (bicyclic) bond motifs is 4. The van der Waals surface area contributed by atoms with Gasteiger partial charge in [-0.25, -0.2) is 9.59 Å². The number of aliphatic hydroxyl groups excluding tert-OH is 8. The number of allylic oxidation sites excluding steroid dienone is 4. The average Bonchev–Trinajstić information content (AvgIpc) is 0.831. The van der Waals surface area contributed by atoms with Gasteiger partial charge in [0.1, 0.15) is 48.8 Å². The van der Waals surface area contributed by atoms with Gasteiger partial charge in [0, 0.05) is 118 Å². The molecule has 0 aromatic rings. The maximum absolute atomic E-state index is 14.3. The van der Waals surface area contributed by atoms with Crippen LogP contribution in [0.5, 0.6) is 0 Å².